The molecule has 0 bridgehead atoms. The number of esters is 1. The zero-order chi connectivity index (χ0) is 10.5. The summed E-state index contributed by atoms with van der Waals surface area (Å²) in [5.74, 6) is -0.380. The zero-order valence-electron chi connectivity index (χ0n) is 8.20. The third-order valence-corrected chi connectivity index (χ3v) is 1.14. The van der Waals surface area contributed by atoms with Crippen LogP contribution in [0.4, 0.5) is 0 Å². The van der Waals surface area contributed by atoms with Crippen molar-refractivity contribution in [2.24, 2.45) is 0 Å². The van der Waals surface area contributed by atoms with E-state index in [0.29, 0.717) is 0 Å². The van der Waals surface area contributed by atoms with Gasteiger partial charge in [-0.1, -0.05) is 0 Å². The van der Waals surface area contributed by atoms with Crippen molar-refractivity contribution in [2.75, 3.05) is 6.54 Å². The van der Waals surface area contributed by atoms with Gasteiger partial charge in [0.05, 0.1) is 6.42 Å². The third kappa shape index (κ3) is 8.78. The molecule has 0 radical (unpaired) electrons. The van der Waals surface area contributed by atoms with E-state index in [1.165, 1.54) is 0 Å². The van der Waals surface area contributed by atoms with Gasteiger partial charge in [0.2, 0.25) is 6.54 Å². The van der Waals surface area contributed by atoms with Gasteiger partial charge < -0.3 is 4.74 Å². The average molecular weight is 189 g/mol. The molecule has 0 aromatic carbocycles. The van der Waals surface area contributed by atoms with Gasteiger partial charge in [0.25, 0.3) is 0 Å². The Balaban J connectivity index is 3.59. The summed E-state index contributed by atoms with van der Waals surface area (Å²) < 4.78 is 4.96. The summed E-state index contributed by atoms with van der Waals surface area (Å²) in [6.07, 6.45) is 0.347. The normalized spacial score (nSPS) is 11.0. The van der Waals surface area contributed by atoms with Gasteiger partial charge >= 0.3 is 5.97 Å². The minimum absolute atomic E-state index is 0.109. The number of rotatable bonds is 4. The van der Waals surface area contributed by atoms with Crippen LogP contribution in [0.5, 0.6) is 0 Å². The van der Waals surface area contributed by atoms with Gasteiger partial charge in [-0.15, -0.1) is 0 Å². The SMILES string of the molecule is CC(C)(C)OC(=O)CCC[N+](=O)[O-]. The minimum atomic E-state index is -0.508. The van der Waals surface area contributed by atoms with Crippen molar-refractivity contribution in [3.05, 3.63) is 10.1 Å². The van der Waals surface area contributed by atoms with Gasteiger partial charge in [0, 0.05) is 11.3 Å². The molecule has 0 amide bonds. The van der Waals surface area contributed by atoms with Crippen LogP contribution in [0.15, 0.2) is 0 Å². The van der Waals surface area contributed by atoms with Crippen LogP contribution >= 0.6 is 0 Å². The molecule has 0 atom stereocenters. The maximum Gasteiger partial charge on any atom is 0.306 e. The van der Waals surface area contributed by atoms with Crippen molar-refractivity contribution in [1.29, 1.82) is 0 Å². The monoisotopic (exact) mass is 189 g/mol. The first-order chi connectivity index (χ1) is 5.81. The number of carbonyl (C=O) groups is 1. The Morgan fingerprint density at radius 1 is 1.46 bits per heavy atom. The van der Waals surface area contributed by atoms with E-state index in [0.717, 1.165) is 0 Å². The molecule has 0 heterocycles. The fourth-order valence-electron chi connectivity index (χ4n) is 0.745. The van der Waals surface area contributed by atoms with Crippen molar-refractivity contribution in [3.63, 3.8) is 0 Å². The van der Waals surface area contributed by atoms with Crippen LogP contribution < -0.4 is 0 Å². The van der Waals surface area contributed by atoms with Gasteiger partial charge in [-0.05, 0) is 20.8 Å². The van der Waals surface area contributed by atoms with Gasteiger partial charge in [-0.3, -0.25) is 14.9 Å². The maximum atomic E-state index is 11.0. The van der Waals surface area contributed by atoms with E-state index in [4.69, 9.17) is 4.74 Å². The van der Waals surface area contributed by atoms with Gasteiger partial charge in [0.1, 0.15) is 5.60 Å². The van der Waals surface area contributed by atoms with E-state index < -0.39 is 10.5 Å². The number of hydrogen-bond donors (Lipinski definition) is 0. The second-order valence-electron chi connectivity index (χ2n) is 3.75. The summed E-state index contributed by atoms with van der Waals surface area (Å²) >= 11 is 0. The fraction of sp³-hybridized carbons (Fsp3) is 0.875. The molecular formula is C8H15NO4. The van der Waals surface area contributed by atoms with Crippen LogP contribution in [-0.2, 0) is 9.53 Å². The lowest BCUT2D eigenvalue weighted by Gasteiger charge is -2.19. The molecule has 0 aliphatic carbocycles. The van der Waals surface area contributed by atoms with Crippen molar-refractivity contribution >= 4 is 5.97 Å². The van der Waals surface area contributed by atoms with E-state index in [1.807, 2.05) is 0 Å². The summed E-state index contributed by atoms with van der Waals surface area (Å²) in [6.45, 7) is 5.11. The van der Waals surface area contributed by atoms with E-state index in [2.05, 4.69) is 0 Å². The predicted octanol–water partition coefficient (Wildman–Crippen LogP) is 1.39. The quantitative estimate of drug-likeness (QED) is 0.380. The highest BCUT2D eigenvalue weighted by molar-refractivity contribution is 5.69. The van der Waals surface area contributed by atoms with Gasteiger partial charge in [-0.2, -0.15) is 0 Å². The Kier molecular flexibility index (Phi) is 4.37. The lowest BCUT2D eigenvalue weighted by molar-refractivity contribution is -0.480. The molecule has 0 saturated heterocycles. The first-order valence-corrected chi connectivity index (χ1v) is 4.15. The molecule has 76 valence electrons. The lowest BCUT2D eigenvalue weighted by Crippen LogP contribution is -2.24. The van der Waals surface area contributed by atoms with Crippen LogP contribution in [0.2, 0.25) is 0 Å². The number of hydrogen-bond acceptors (Lipinski definition) is 4. The molecule has 0 aromatic rings. The van der Waals surface area contributed by atoms with Crippen molar-refractivity contribution in [3.8, 4) is 0 Å². The molecule has 0 unspecified atom stereocenters. The largest absolute Gasteiger partial charge is 0.460 e. The molecule has 0 spiro atoms. The van der Waals surface area contributed by atoms with Crippen molar-refractivity contribution in [1.82, 2.24) is 0 Å². The molecule has 0 saturated carbocycles. The Morgan fingerprint density at radius 3 is 2.38 bits per heavy atom. The highest BCUT2D eigenvalue weighted by Gasteiger charge is 2.16. The highest BCUT2D eigenvalue weighted by Crippen LogP contribution is 2.08. The van der Waals surface area contributed by atoms with Gasteiger partial charge in [0.15, 0.2) is 0 Å². The number of carbonyl (C=O) groups excluding carboxylic acids is 1. The highest BCUT2D eigenvalue weighted by atomic mass is 16.6. The number of nitrogens with zero attached hydrogens (tertiary/aromatic N) is 1. The van der Waals surface area contributed by atoms with E-state index in [1.54, 1.807) is 20.8 Å². The predicted molar refractivity (Wildman–Crippen MR) is 46.9 cm³/mol. The van der Waals surface area contributed by atoms with E-state index in [9.17, 15) is 14.9 Å². The van der Waals surface area contributed by atoms with Crippen LogP contribution in [0.3, 0.4) is 0 Å². The smallest absolute Gasteiger partial charge is 0.306 e. The zero-order valence-corrected chi connectivity index (χ0v) is 8.20. The molecular weight excluding hydrogens is 174 g/mol. The molecule has 0 aliphatic heterocycles. The number of nitro groups is 1. The fourth-order valence-corrected chi connectivity index (χ4v) is 0.745. The first-order valence-electron chi connectivity index (χ1n) is 4.15. The van der Waals surface area contributed by atoms with Crippen molar-refractivity contribution < 1.29 is 14.5 Å². The topological polar surface area (TPSA) is 69.4 Å². The summed E-state index contributed by atoms with van der Waals surface area (Å²) in [5, 5.41) is 9.92. The molecule has 0 rings (SSSR count). The minimum Gasteiger partial charge on any atom is -0.460 e. The Labute approximate surface area is 77.2 Å². The van der Waals surface area contributed by atoms with Crippen LogP contribution in [-0.4, -0.2) is 23.0 Å². The molecule has 5 heteroatoms. The summed E-state index contributed by atoms with van der Waals surface area (Å²) in [6, 6.07) is 0. The number of ether oxygens (including phenoxy) is 1. The molecule has 0 aliphatic rings. The molecule has 5 nitrogen and oxygen atoms in total. The molecule has 13 heavy (non-hydrogen) atoms. The summed E-state index contributed by atoms with van der Waals surface area (Å²) in [7, 11) is 0. The van der Waals surface area contributed by atoms with Crippen LogP contribution in [0, 0.1) is 10.1 Å². The Bertz CT molecular complexity index is 195. The second kappa shape index (κ2) is 4.79. The van der Waals surface area contributed by atoms with Crippen LogP contribution in [0.25, 0.3) is 0 Å². The average Bonchev–Trinajstić information content (AvgIpc) is 1.81. The third-order valence-electron chi connectivity index (χ3n) is 1.14. The first kappa shape index (κ1) is 11.9. The molecule has 0 fully saturated rings. The van der Waals surface area contributed by atoms with Crippen LogP contribution in [0.1, 0.15) is 33.6 Å². The Hall–Kier alpha value is -1.13. The molecule has 0 aromatic heterocycles. The van der Waals surface area contributed by atoms with Crippen molar-refractivity contribution in [2.45, 2.75) is 39.2 Å². The summed E-state index contributed by atoms with van der Waals surface area (Å²) in [5.41, 5.74) is -0.508. The molecule has 0 N–H and O–H groups in total. The van der Waals surface area contributed by atoms with E-state index >= 15 is 0 Å². The lowest BCUT2D eigenvalue weighted by atomic mass is 10.2. The standard InChI is InChI=1S/C8H15NO4/c1-8(2,3)13-7(10)5-4-6-9(11)12/h4-6H2,1-3H3. The summed E-state index contributed by atoms with van der Waals surface area (Å²) in [4.78, 5) is 20.5. The maximum absolute atomic E-state index is 11.0. The van der Waals surface area contributed by atoms with E-state index in [-0.39, 0.29) is 25.4 Å². The van der Waals surface area contributed by atoms with Gasteiger partial charge in [-0.25, -0.2) is 0 Å². The second-order valence-corrected chi connectivity index (χ2v) is 3.75. The Morgan fingerprint density at radius 2 is 2.00 bits per heavy atom.